The highest BCUT2D eigenvalue weighted by Crippen LogP contribution is 2.34. The first-order valence-electron chi connectivity index (χ1n) is 8.92. The molecule has 152 valence electrons. The van der Waals surface area contributed by atoms with Gasteiger partial charge in [0.1, 0.15) is 11.5 Å². The van der Waals surface area contributed by atoms with E-state index in [1.54, 1.807) is 37.3 Å². The number of halogens is 3. The van der Waals surface area contributed by atoms with Gasteiger partial charge in [-0.25, -0.2) is 13.9 Å². The highest BCUT2D eigenvalue weighted by molar-refractivity contribution is 6.33. The van der Waals surface area contributed by atoms with Gasteiger partial charge in [-0.1, -0.05) is 40.5 Å². The largest absolute Gasteiger partial charge is 0.461 e. The normalized spacial score (nSPS) is 10.9. The summed E-state index contributed by atoms with van der Waals surface area (Å²) in [5, 5.41) is 8.88. The van der Waals surface area contributed by atoms with Crippen LogP contribution < -0.4 is 0 Å². The fourth-order valence-corrected chi connectivity index (χ4v) is 3.44. The van der Waals surface area contributed by atoms with Crippen molar-refractivity contribution in [3.05, 3.63) is 76.3 Å². The summed E-state index contributed by atoms with van der Waals surface area (Å²) >= 11 is 12.2. The van der Waals surface area contributed by atoms with Crippen LogP contribution in [0.5, 0.6) is 0 Å². The Labute approximate surface area is 180 Å². The van der Waals surface area contributed by atoms with E-state index in [0.29, 0.717) is 16.3 Å². The van der Waals surface area contributed by atoms with Crippen molar-refractivity contribution in [2.24, 2.45) is 0 Å². The first-order chi connectivity index (χ1) is 14.5. The molecule has 0 aliphatic rings. The van der Waals surface area contributed by atoms with Crippen LogP contribution in [-0.4, -0.2) is 27.5 Å². The summed E-state index contributed by atoms with van der Waals surface area (Å²) < 4.78 is 26.2. The van der Waals surface area contributed by atoms with Gasteiger partial charge in [0.05, 0.1) is 34.6 Å². The van der Waals surface area contributed by atoms with Crippen LogP contribution in [0.3, 0.4) is 0 Å². The molecular weight excluding hydrogens is 432 g/mol. The molecule has 9 heteroatoms. The summed E-state index contributed by atoms with van der Waals surface area (Å²) in [4.78, 5) is 12.7. The zero-order valence-electron chi connectivity index (χ0n) is 15.6. The van der Waals surface area contributed by atoms with Crippen molar-refractivity contribution in [1.82, 2.24) is 14.9 Å². The van der Waals surface area contributed by atoms with Gasteiger partial charge in [-0.2, -0.15) is 5.10 Å². The maximum absolute atomic E-state index is 14.2. The molecule has 0 fully saturated rings. The van der Waals surface area contributed by atoms with Crippen molar-refractivity contribution in [2.45, 2.75) is 6.92 Å². The summed E-state index contributed by atoms with van der Waals surface area (Å²) in [6.07, 6.45) is 1.44. The molecule has 6 nitrogen and oxygen atoms in total. The summed E-state index contributed by atoms with van der Waals surface area (Å²) in [5.74, 6) is -0.935. The van der Waals surface area contributed by atoms with Crippen molar-refractivity contribution >= 4 is 29.2 Å². The van der Waals surface area contributed by atoms with Gasteiger partial charge in [0, 0.05) is 11.1 Å². The van der Waals surface area contributed by atoms with Crippen molar-refractivity contribution < 1.29 is 18.4 Å². The number of rotatable bonds is 5. The number of carbonyl (C=O) groups is 1. The molecule has 0 aliphatic carbocycles. The minimum atomic E-state index is -0.605. The third kappa shape index (κ3) is 3.69. The molecule has 0 saturated carbocycles. The Morgan fingerprint density at radius 1 is 1.20 bits per heavy atom. The molecule has 0 bridgehead atoms. The SMILES string of the molecule is CCOC(=O)c1c(-c2cc(-c3c(F)cccc3Cl)no2)cnn1-c1cccc(Cl)c1. The van der Waals surface area contributed by atoms with Gasteiger partial charge in [-0.05, 0) is 37.3 Å². The first-order valence-corrected chi connectivity index (χ1v) is 9.67. The van der Waals surface area contributed by atoms with Crippen LogP contribution in [0.2, 0.25) is 10.0 Å². The van der Waals surface area contributed by atoms with Gasteiger partial charge < -0.3 is 9.26 Å². The van der Waals surface area contributed by atoms with Crippen molar-refractivity contribution in [3.8, 4) is 28.3 Å². The summed E-state index contributed by atoms with van der Waals surface area (Å²) in [6.45, 7) is 1.87. The third-order valence-corrected chi connectivity index (χ3v) is 4.84. The molecule has 0 saturated heterocycles. The number of carbonyl (C=O) groups excluding carboxylic acids is 1. The molecule has 0 N–H and O–H groups in total. The summed E-state index contributed by atoms with van der Waals surface area (Å²) in [5.41, 5.74) is 1.32. The van der Waals surface area contributed by atoms with Crippen LogP contribution in [-0.2, 0) is 4.74 Å². The second-order valence-corrected chi connectivity index (χ2v) is 7.04. The topological polar surface area (TPSA) is 70.2 Å². The lowest BCUT2D eigenvalue weighted by atomic mass is 10.1. The second kappa shape index (κ2) is 8.30. The van der Waals surface area contributed by atoms with Gasteiger partial charge >= 0.3 is 5.97 Å². The molecule has 0 amide bonds. The predicted octanol–water partition coefficient (Wildman–Crippen LogP) is 5.82. The Bertz CT molecular complexity index is 1220. The third-order valence-electron chi connectivity index (χ3n) is 4.29. The summed E-state index contributed by atoms with van der Waals surface area (Å²) in [7, 11) is 0. The number of esters is 1. The Morgan fingerprint density at radius 2 is 2.00 bits per heavy atom. The van der Waals surface area contributed by atoms with E-state index in [4.69, 9.17) is 32.5 Å². The molecule has 2 aromatic carbocycles. The molecule has 4 aromatic rings. The molecule has 0 radical (unpaired) electrons. The molecule has 0 unspecified atom stereocenters. The zero-order chi connectivity index (χ0) is 21.3. The number of hydrogen-bond acceptors (Lipinski definition) is 5. The molecule has 2 heterocycles. The van der Waals surface area contributed by atoms with Gasteiger partial charge in [-0.15, -0.1) is 0 Å². The second-order valence-electron chi connectivity index (χ2n) is 6.19. The van der Waals surface area contributed by atoms with E-state index in [2.05, 4.69) is 10.3 Å². The number of hydrogen-bond donors (Lipinski definition) is 0. The van der Waals surface area contributed by atoms with Gasteiger partial charge in [0.25, 0.3) is 0 Å². The number of benzene rings is 2. The lowest BCUT2D eigenvalue weighted by molar-refractivity contribution is 0.0516. The van der Waals surface area contributed by atoms with E-state index >= 15 is 0 Å². The fraction of sp³-hybridized carbons (Fsp3) is 0.0952. The van der Waals surface area contributed by atoms with Crippen molar-refractivity contribution in [3.63, 3.8) is 0 Å². The molecule has 0 atom stereocenters. The smallest absolute Gasteiger partial charge is 0.357 e. The lowest BCUT2D eigenvalue weighted by Crippen LogP contribution is -2.13. The van der Waals surface area contributed by atoms with Crippen molar-refractivity contribution in [1.29, 1.82) is 0 Å². The Balaban J connectivity index is 1.84. The fourth-order valence-electron chi connectivity index (χ4n) is 2.99. The van der Waals surface area contributed by atoms with Crippen LogP contribution in [0.1, 0.15) is 17.4 Å². The predicted molar refractivity (Wildman–Crippen MR) is 110 cm³/mol. The number of aromatic nitrogens is 3. The number of ether oxygens (including phenoxy) is 1. The van der Waals surface area contributed by atoms with E-state index in [-0.39, 0.29) is 34.3 Å². The zero-order valence-corrected chi connectivity index (χ0v) is 17.1. The Hall–Kier alpha value is -3.16. The molecule has 4 rings (SSSR count). The van der Waals surface area contributed by atoms with Gasteiger partial charge in [0.15, 0.2) is 11.5 Å². The molecule has 2 aromatic heterocycles. The summed E-state index contributed by atoms with van der Waals surface area (Å²) in [6, 6.07) is 12.7. The van der Waals surface area contributed by atoms with E-state index in [0.717, 1.165) is 0 Å². The van der Waals surface area contributed by atoms with E-state index in [1.807, 2.05) is 0 Å². The maximum Gasteiger partial charge on any atom is 0.357 e. The first kappa shape index (κ1) is 20.1. The Kier molecular flexibility index (Phi) is 5.57. The van der Waals surface area contributed by atoms with E-state index < -0.39 is 11.8 Å². The highest BCUT2D eigenvalue weighted by atomic mass is 35.5. The van der Waals surface area contributed by atoms with Crippen molar-refractivity contribution in [2.75, 3.05) is 6.61 Å². The molecular formula is C21H14Cl2FN3O3. The minimum absolute atomic E-state index is 0.106. The van der Waals surface area contributed by atoms with Gasteiger partial charge in [-0.3, -0.25) is 0 Å². The van der Waals surface area contributed by atoms with Crippen LogP contribution in [0.25, 0.3) is 28.3 Å². The van der Waals surface area contributed by atoms with Crippen LogP contribution in [0.15, 0.2) is 59.3 Å². The molecule has 0 aliphatic heterocycles. The van der Waals surface area contributed by atoms with E-state index in [1.165, 1.54) is 29.1 Å². The van der Waals surface area contributed by atoms with E-state index in [9.17, 15) is 9.18 Å². The number of nitrogens with zero attached hydrogens (tertiary/aromatic N) is 3. The molecule has 0 spiro atoms. The average molecular weight is 446 g/mol. The standard InChI is InChI=1S/C21H14Cl2FN3O3/c1-2-29-21(28)20-14(11-25-27(20)13-6-3-5-12(22)9-13)18-10-17(26-30-18)19-15(23)7-4-8-16(19)24/h3-11H,2H2,1H3. The maximum atomic E-state index is 14.2. The van der Waals surface area contributed by atoms with Gasteiger partial charge in [0.2, 0.25) is 0 Å². The van der Waals surface area contributed by atoms with Crippen LogP contribution >= 0.6 is 23.2 Å². The highest BCUT2D eigenvalue weighted by Gasteiger charge is 2.25. The quantitative estimate of drug-likeness (QED) is 0.362. The van der Waals surface area contributed by atoms with Crippen LogP contribution in [0.4, 0.5) is 4.39 Å². The molecule has 30 heavy (non-hydrogen) atoms. The average Bonchev–Trinajstić information content (AvgIpc) is 3.35. The lowest BCUT2D eigenvalue weighted by Gasteiger charge is -2.08. The minimum Gasteiger partial charge on any atom is -0.461 e. The van der Waals surface area contributed by atoms with Crippen LogP contribution in [0, 0.1) is 5.82 Å². The monoisotopic (exact) mass is 445 g/mol. The Morgan fingerprint density at radius 3 is 2.73 bits per heavy atom.